The normalized spacial score (nSPS) is 10.8. The highest BCUT2D eigenvalue weighted by Crippen LogP contribution is 2.28. The second-order valence-electron chi connectivity index (χ2n) is 4.57. The molecule has 0 saturated carbocycles. The molecule has 0 unspecified atom stereocenters. The van der Waals surface area contributed by atoms with Crippen LogP contribution in [0.3, 0.4) is 0 Å². The molecule has 0 aliphatic carbocycles. The van der Waals surface area contributed by atoms with E-state index in [1.807, 2.05) is 13.8 Å². The van der Waals surface area contributed by atoms with Crippen molar-refractivity contribution in [1.82, 2.24) is 0 Å². The average Bonchev–Trinajstić information content (AvgIpc) is 2.37. The quantitative estimate of drug-likeness (QED) is 0.452. The van der Waals surface area contributed by atoms with Gasteiger partial charge in [-0.3, -0.25) is 10.1 Å². The van der Waals surface area contributed by atoms with Gasteiger partial charge in [-0.25, -0.2) is 8.78 Å². The number of rotatable bonds is 8. The fraction of sp³-hybridized carbons (Fsp3) is 0.538. The molecule has 20 heavy (non-hydrogen) atoms. The van der Waals surface area contributed by atoms with Crippen LogP contribution in [-0.4, -0.2) is 24.2 Å². The molecular formula is C13H18F2N2O3. The van der Waals surface area contributed by atoms with Crippen molar-refractivity contribution in [2.75, 3.05) is 18.5 Å². The smallest absolute Gasteiger partial charge is 0.295 e. The molecule has 1 aromatic rings. The zero-order valence-corrected chi connectivity index (χ0v) is 11.5. The molecule has 0 radical (unpaired) electrons. The van der Waals surface area contributed by atoms with Crippen LogP contribution in [-0.2, 0) is 4.74 Å². The highest BCUT2D eigenvalue weighted by atomic mass is 19.2. The number of nitrogens with one attached hydrogen (secondary N) is 1. The van der Waals surface area contributed by atoms with Crippen LogP contribution in [0.4, 0.5) is 20.2 Å². The van der Waals surface area contributed by atoms with Gasteiger partial charge in [-0.05, 0) is 32.8 Å². The van der Waals surface area contributed by atoms with Crippen molar-refractivity contribution in [3.63, 3.8) is 0 Å². The van der Waals surface area contributed by atoms with E-state index in [9.17, 15) is 18.9 Å². The summed E-state index contributed by atoms with van der Waals surface area (Å²) < 4.78 is 31.9. The molecule has 0 bridgehead atoms. The van der Waals surface area contributed by atoms with Crippen LogP contribution >= 0.6 is 0 Å². The lowest BCUT2D eigenvalue weighted by Crippen LogP contribution is -2.09. The van der Waals surface area contributed by atoms with Gasteiger partial charge in [-0.1, -0.05) is 0 Å². The largest absolute Gasteiger partial charge is 0.379 e. The minimum atomic E-state index is -1.22. The molecule has 1 aromatic carbocycles. The van der Waals surface area contributed by atoms with E-state index in [1.165, 1.54) is 0 Å². The van der Waals surface area contributed by atoms with E-state index in [0.29, 0.717) is 19.6 Å². The van der Waals surface area contributed by atoms with Crippen molar-refractivity contribution in [3.8, 4) is 0 Å². The summed E-state index contributed by atoms with van der Waals surface area (Å²) in [5, 5.41) is 13.3. The number of hydrogen-bond donors (Lipinski definition) is 1. The van der Waals surface area contributed by atoms with Gasteiger partial charge in [0.05, 0.1) is 11.0 Å². The lowest BCUT2D eigenvalue weighted by Gasteiger charge is -2.10. The van der Waals surface area contributed by atoms with Gasteiger partial charge < -0.3 is 10.1 Å². The van der Waals surface area contributed by atoms with Gasteiger partial charge in [0.2, 0.25) is 0 Å². The van der Waals surface area contributed by atoms with Crippen molar-refractivity contribution in [1.29, 1.82) is 0 Å². The molecule has 5 nitrogen and oxygen atoms in total. The number of hydrogen-bond acceptors (Lipinski definition) is 4. The monoisotopic (exact) mass is 288 g/mol. The maximum atomic E-state index is 13.5. The Morgan fingerprint density at radius 3 is 2.65 bits per heavy atom. The Morgan fingerprint density at radius 2 is 2.05 bits per heavy atom. The summed E-state index contributed by atoms with van der Waals surface area (Å²) in [6.45, 7) is 4.71. The Morgan fingerprint density at radius 1 is 1.35 bits per heavy atom. The third-order valence-corrected chi connectivity index (χ3v) is 2.59. The average molecular weight is 288 g/mol. The summed E-state index contributed by atoms with van der Waals surface area (Å²) in [6, 6.07) is 1.69. The van der Waals surface area contributed by atoms with Gasteiger partial charge in [0.1, 0.15) is 0 Å². The van der Waals surface area contributed by atoms with Gasteiger partial charge >= 0.3 is 0 Å². The SMILES string of the molecule is CC(C)OCCCCNc1c([N+](=O)[O-])ccc(F)c1F. The predicted molar refractivity (Wildman–Crippen MR) is 71.8 cm³/mol. The first kappa shape index (κ1) is 16.3. The minimum Gasteiger partial charge on any atom is -0.379 e. The zero-order valence-electron chi connectivity index (χ0n) is 11.5. The Kier molecular flexibility index (Phi) is 6.30. The first-order valence-electron chi connectivity index (χ1n) is 6.41. The van der Waals surface area contributed by atoms with E-state index >= 15 is 0 Å². The van der Waals surface area contributed by atoms with E-state index in [2.05, 4.69) is 5.32 Å². The molecule has 0 fully saturated rings. The Bertz CT molecular complexity index is 467. The molecule has 0 aliphatic heterocycles. The van der Waals surface area contributed by atoms with Crippen molar-refractivity contribution >= 4 is 11.4 Å². The third kappa shape index (κ3) is 4.73. The molecule has 0 atom stereocenters. The molecule has 0 amide bonds. The van der Waals surface area contributed by atoms with E-state index in [0.717, 1.165) is 18.6 Å². The summed E-state index contributed by atoms with van der Waals surface area (Å²) in [4.78, 5) is 10.0. The number of unbranched alkanes of at least 4 members (excludes halogenated alkanes) is 1. The van der Waals surface area contributed by atoms with E-state index in [1.54, 1.807) is 0 Å². The molecule has 112 valence electrons. The van der Waals surface area contributed by atoms with Crippen molar-refractivity contribution in [2.45, 2.75) is 32.8 Å². The fourth-order valence-corrected chi connectivity index (χ4v) is 1.62. The lowest BCUT2D eigenvalue weighted by atomic mass is 10.2. The van der Waals surface area contributed by atoms with Crippen LogP contribution in [0.2, 0.25) is 0 Å². The molecule has 1 rings (SSSR count). The highest BCUT2D eigenvalue weighted by Gasteiger charge is 2.20. The maximum Gasteiger partial charge on any atom is 0.295 e. The molecule has 0 spiro atoms. The van der Waals surface area contributed by atoms with Gasteiger partial charge in [0.25, 0.3) is 5.69 Å². The van der Waals surface area contributed by atoms with Crippen molar-refractivity contribution in [2.24, 2.45) is 0 Å². The van der Waals surface area contributed by atoms with E-state index in [-0.39, 0.29) is 6.10 Å². The Hall–Kier alpha value is -1.76. The van der Waals surface area contributed by atoms with Crippen LogP contribution in [0.5, 0.6) is 0 Å². The number of nitro benzene ring substituents is 1. The van der Waals surface area contributed by atoms with Crippen LogP contribution in [0, 0.1) is 21.7 Å². The number of nitro groups is 1. The summed E-state index contributed by atoms with van der Waals surface area (Å²) in [6.07, 6.45) is 1.51. The van der Waals surface area contributed by atoms with Crippen LogP contribution in [0.25, 0.3) is 0 Å². The van der Waals surface area contributed by atoms with Crippen molar-refractivity contribution < 1.29 is 18.4 Å². The number of anilines is 1. The summed E-state index contributed by atoms with van der Waals surface area (Å²) >= 11 is 0. The molecule has 7 heteroatoms. The van der Waals surface area contributed by atoms with Gasteiger partial charge in [-0.15, -0.1) is 0 Å². The maximum absolute atomic E-state index is 13.5. The Balaban J connectivity index is 2.54. The third-order valence-electron chi connectivity index (χ3n) is 2.59. The van der Waals surface area contributed by atoms with Crippen LogP contribution < -0.4 is 5.32 Å². The molecule has 1 N–H and O–H groups in total. The molecule has 0 aromatic heterocycles. The molecule has 0 heterocycles. The fourth-order valence-electron chi connectivity index (χ4n) is 1.62. The summed E-state index contributed by atoms with van der Waals surface area (Å²) in [5.41, 5.74) is -0.873. The Labute approximate surface area is 116 Å². The highest BCUT2D eigenvalue weighted by molar-refractivity contribution is 5.62. The zero-order chi connectivity index (χ0) is 15.1. The van der Waals surface area contributed by atoms with Crippen molar-refractivity contribution in [3.05, 3.63) is 33.9 Å². The van der Waals surface area contributed by atoms with Gasteiger partial charge in [0, 0.05) is 19.2 Å². The van der Waals surface area contributed by atoms with Gasteiger partial charge in [0.15, 0.2) is 17.3 Å². The standard InChI is InChI=1S/C13H18F2N2O3/c1-9(2)20-8-4-3-7-16-13-11(17(18)19)6-5-10(14)12(13)15/h5-6,9,16H,3-4,7-8H2,1-2H3. The first-order valence-corrected chi connectivity index (χ1v) is 6.41. The second-order valence-corrected chi connectivity index (χ2v) is 4.57. The molecule has 0 aliphatic rings. The van der Waals surface area contributed by atoms with E-state index < -0.39 is 27.9 Å². The lowest BCUT2D eigenvalue weighted by molar-refractivity contribution is -0.384. The predicted octanol–water partition coefficient (Wildman–Crippen LogP) is 3.49. The summed E-state index contributed by atoms with van der Waals surface area (Å²) in [5.74, 6) is -2.33. The number of halogens is 2. The number of benzene rings is 1. The van der Waals surface area contributed by atoms with E-state index in [4.69, 9.17) is 4.74 Å². The molecule has 0 saturated heterocycles. The number of nitrogens with zero attached hydrogens (tertiary/aromatic N) is 1. The summed E-state index contributed by atoms with van der Waals surface area (Å²) in [7, 11) is 0. The van der Waals surface area contributed by atoms with Crippen LogP contribution in [0.15, 0.2) is 12.1 Å². The second kappa shape index (κ2) is 7.74. The number of ether oxygens (including phenoxy) is 1. The molecular weight excluding hydrogens is 270 g/mol. The topological polar surface area (TPSA) is 64.4 Å². The first-order chi connectivity index (χ1) is 9.43. The van der Waals surface area contributed by atoms with Gasteiger partial charge in [-0.2, -0.15) is 0 Å². The van der Waals surface area contributed by atoms with Crippen LogP contribution in [0.1, 0.15) is 26.7 Å². The minimum absolute atomic E-state index is 0.143.